The molecule has 0 amide bonds. The number of hydrogen-bond acceptors (Lipinski definition) is 2. The van der Waals surface area contributed by atoms with E-state index in [9.17, 15) is 0 Å². The molecule has 0 radical (unpaired) electrons. The maximum Gasteiger partial charge on any atom is 0.0590 e. The number of hydrogen-bond donors (Lipinski definition) is 1. The van der Waals surface area contributed by atoms with Gasteiger partial charge in [0.1, 0.15) is 0 Å². The van der Waals surface area contributed by atoms with Gasteiger partial charge in [0.25, 0.3) is 0 Å². The lowest BCUT2D eigenvalue weighted by molar-refractivity contribution is 0.551. The van der Waals surface area contributed by atoms with E-state index in [1.54, 1.807) is 0 Å². The summed E-state index contributed by atoms with van der Waals surface area (Å²) in [7, 11) is 0. The van der Waals surface area contributed by atoms with Crippen molar-refractivity contribution in [3.63, 3.8) is 0 Å². The van der Waals surface area contributed by atoms with Crippen LogP contribution in [-0.2, 0) is 13.1 Å². The summed E-state index contributed by atoms with van der Waals surface area (Å²) in [5, 5.41) is 7.73. The summed E-state index contributed by atoms with van der Waals surface area (Å²) >= 11 is 0. The standard InChI is InChI=1S/C12H21N3/c1-5-6-15-11(4)12(9-14-15)8-13-7-10(2)3/h5,9-10,13H,1,6-8H2,2-4H3. The first-order valence-electron chi connectivity index (χ1n) is 5.48. The minimum absolute atomic E-state index is 0.688. The number of allylic oxidation sites excluding steroid dienone is 1. The topological polar surface area (TPSA) is 29.9 Å². The molecule has 0 bridgehead atoms. The summed E-state index contributed by atoms with van der Waals surface area (Å²) in [4.78, 5) is 0. The Balaban J connectivity index is 2.50. The molecule has 1 rings (SSSR count). The van der Waals surface area contributed by atoms with E-state index < -0.39 is 0 Å². The van der Waals surface area contributed by atoms with Crippen LogP contribution in [0.25, 0.3) is 0 Å². The Hall–Kier alpha value is -1.09. The van der Waals surface area contributed by atoms with Crippen LogP contribution in [0.5, 0.6) is 0 Å². The first-order chi connectivity index (χ1) is 7.15. The van der Waals surface area contributed by atoms with Crippen molar-refractivity contribution in [1.29, 1.82) is 0 Å². The zero-order valence-corrected chi connectivity index (χ0v) is 9.95. The number of nitrogens with one attached hydrogen (secondary N) is 1. The molecule has 0 aliphatic rings. The van der Waals surface area contributed by atoms with Gasteiger partial charge in [-0.2, -0.15) is 5.10 Å². The Labute approximate surface area is 92.2 Å². The van der Waals surface area contributed by atoms with E-state index in [1.807, 2.05) is 17.0 Å². The summed E-state index contributed by atoms with van der Waals surface area (Å²) in [6.07, 6.45) is 3.80. The first kappa shape index (κ1) is 12.0. The molecule has 3 nitrogen and oxygen atoms in total. The van der Waals surface area contributed by atoms with Gasteiger partial charge in [-0.05, 0) is 19.4 Å². The van der Waals surface area contributed by atoms with Crippen LogP contribution in [0.2, 0.25) is 0 Å². The molecule has 0 spiro atoms. The second kappa shape index (κ2) is 5.71. The van der Waals surface area contributed by atoms with E-state index in [0.29, 0.717) is 5.92 Å². The molecule has 3 heteroatoms. The molecule has 1 N–H and O–H groups in total. The van der Waals surface area contributed by atoms with Crippen molar-refractivity contribution in [3.8, 4) is 0 Å². The highest BCUT2D eigenvalue weighted by molar-refractivity contribution is 5.16. The zero-order chi connectivity index (χ0) is 11.3. The molecule has 15 heavy (non-hydrogen) atoms. The van der Waals surface area contributed by atoms with E-state index >= 15 is 0 Å². The van der Waals surface area contributed by atoms with E-state index in [-0.39, 0.29) is 0 Å². The van der Waals surface area contributed by atoms with E-state index in [0.717, 1.165) is 19.6 Å². The van der Waals surface area contributed by atoms with Crippen molar-refractivity contribution in [2.45, 2.75) is 33.9 Å². The average Bonchev–Trinajstić information content (AvgIpc) is 2.50. The lowest BCUT2D eigenvalue weighted by Gasteiger charge is -2.07. The second-order valence-corrected chi connectivity index (χ2v) is 4.25. The predicted octanol–water partition coefficient (Wildman–Crippen LogP) is 2.12. The normalized spacial score (nSPS) is 10.9. The van der Waals surface area contributed by atoms with Crippen LogP contribution in [0.15, 0.2) is 18.9 Å². The Morgan fingerprint density at radius 1 is 1.60 bits per heavy atom. The third-order valence-corrected chi connectivity index (χ3v) is 2.37. The largest absolute Gasteiger partial charge is 0.312 e. The first-order valence-corrected chi connectivity index (χ1v) is 5.48. The molecular weight excluding hydrogens is 186 g/mol. The minimum Gasteiger partial charge on any atom is -0.312 e. The summed E-state index contributed by atoms with van der Waals surface area (Å²) in [5.41, 5.74) is 2.50. The SMILES string of the molecule is C=CCn1ncc(CNCC(C)C)c1C. The summed E-state index contributed by atoms with van der Waals surface area (Å²) in [5.74, 6) is 0.688. The van der Waals surface area contributed by atoms with Gasteiger partial charge in [0.2, 0.25) is 0 Å². The fourth-order valence-electron chi connectivity index (χ4n) is 1.46. The Morgan fingerprint density at radius 2 is 2.33 bits per heavy atom. The van der Waals surface area contributed by atoms with Gasteiger partial charge in [0.15, 0.2) is 0 Å². The number of nitrogens with zero attached hydrogens (tertiary/aromatic N) is 2. The van der Waals surface area contributed by atoms with E-state index in [2.05, 4.69) is 37.8 Å². The zero-order valence-electron chi connectivity index (χ0n) is 9.95. The van der Waals surface area contributed by atoms with Gasteiger partial charge >= 0.3 is 0 Å². The molecule has 0 aromatic carbocycles. The highest BCUT2D eigenvalue weighted by atomic mass is 15.3. The molecule has 1 aromatic rings. The fraction of sp³-hybridized carbons (Fsp3) is 0.583. The Morgan fingerprint density at radius 3 is 2.93 bits per heavy atom. The van der Waals surface area contributed by atoms with E-state index in [4.69, 9.17) is 0 Å². The van der Waals surface area contributed by atoms with Crippen molar-refractivity contribution in [3.05, 3.63) is 30.1 Å². The molecule has 0 saturated heterocycles. The van der Waals surface area contributed by atoms with Crippen molar-refractivity contribution in [2.75, 3.05) is 6.54 Å². The van der Waals surface area contributed by atoms with E-state index in [1.165, 1.54) is 11.3 Å². The van der Waals surface area contributed by atoms with Gasteiger partial charge in [-0.25, -0.2) is 0 Å². The third kappa shape index (κ3) is 3.51. The number of rotatable bonds is 6. The third-order valence-electron chi connectivity index (χ3n) is 2.37. The summed E-state index contributed by atoms with van der Waals surface area (Å²) < 4.78 is 1.97. The predicted molar refractivity (Wildman–Crippen MR) is 63.7 cm³/mol. The van der Waals surface area contributed by atoms with Gasteiger partial charge in [-0.3, -0.25) is 4.68 Å². The highest BCUT2D eigenvalue weighted by Gasteiger charge is 2.04. The molecule has 0 aliphatic carbocycles. The maximum absolute atomic E-state index is 4.31. The van der Waals surface area contributed by atoms with Crippen molar-refractivity contribution >= 4 is 0 Å². The smallest absolute Gasteiger partial charge is 0.0590 e. The van der Waals surface area contributed by atoms with Crippen LogP contribution in [0.3, 0.4) is 0 Å². The molecule has 0 saturated carbocycles. The lowest BCUT2D eigenvalue weighted by Crippen LogP contribution is -2.19. The molecule has 0 unspecified atom stereocenters. The summed E-state index contributed by atoms with van der Waals surface area (Å²) in [6, 6.07) is 0. The van der Waals surface area contributed by atoms with Gasteiger partial charge in [0, 0.05) is 17.8 Å². The Kier molecular flexibility index (Phi) is 4.56. The molecule has 1 heterocycles. The Bertz CT molecular complexity index is 313. The molecule has 1 aromatic heterocycles. The fourth-order valence-corrected chi connectivity index (χ4v) is 1.46. The lowest BCUT2D eigenvalue weighted by atomic mass is 10.2. The molecule has 0 aliphatic heterocycles. The van der Waals surface area contributed by atoms with Crippen LogP contribution in [0.4, 0.5) is 0 Å². The van der Waals surface area contributed by atoms with Crippen LogP contribution in [0, 0.1) is 12.8 Å². The summed E-state index contributed by atoms with van der Waals surface area (Å²) in [6.45, 7) is 13.0. The van der Waals surface area contributed by atoms with Crippen molar-refractivity contribution in [2.24, 2.45) is 5.92 Å². The minimum atomic E-state index is 0.688. The van der Waals surface area contributed by atoms with Gasteiger partial charge < -0.3 is 5.32 Å². The maximum atomic E-state index is 4.31. The molecular formula is C12H21N3. The van der Waals surface area contributed by atoms with Gasteiger partial charge in [0.05, 0.1) is 12.7 Å². The average molecular weight is 207 g/mol. The van der Waals surface area contributed by atoms with Crippen LogP contribution in [-0.4, -0.2) is 16.3 Å². The molecule has 0 atom stereocenters. The van der Waals surface area contributed by atoms with Crippen LogP contribution >= 0.6 is 0 Å². The van der Waals surface area contributed by atoms with Crippen molar-refractivity contribution in [1.82, 2.24) is 15.1 Å². The van der Waals surface area contributed by atoms with Gasteiger partial charge in [-0.15, -0.1) is 6.58 Å². The highest BCUT2D eigenvalue weighted by Crippen LogP contribution is 2.06. The van der Waals surface area contributed by atoms with Crippen LogP contribution in [0.1, 0.15) is 25.1 Å². The van der Waals surface area contributed by atoms with Gasteiger partial charge in [-0.1, -0.05) is 19.9 Å². The molecule has 84 valence electrons. The number of aromatic nitrogens is 2. The monoisotopic (exact) mass is 207 g/mol. The van der Waals surface area contributed by atoms with Crippen molar-refractivity contribution < 1.29 is 0 Å². The quantitative estimate of drug-likeness (QED) is 0.724. The second-order valence-electron chi connectivity index (χ2n) is 4.25. The molecule has 0 fully saturated rings. The van der Waals surface area contributed by atoms with Crippen LogP contribution < -0.4 is 5.32 Å².